The summed E-state index contributed by atoms with van der Waals surface area (Å²) in [6.07, 6.45) is -0.224. The molecule has 2 aromatic rings. The van der Waals surface area contributed by atoms with E-state index in [1.54, 1.807) is 6.07 Å². The lowest BCUT2D eigenvalue weighted by Gasteiger charge is -2.17. The van der Waals surface area contributed by atoms with Gasteiger partial charge in [0.15, 0.2) is 5.82 Å². The number of hydrogen-bond acceptors (Lipinski definition) is 4. The number of aromatic nitrogens is 2. The Balaban J connectivity index is 1.74. The van der Waals surface area contributed by atoms with Gasteiger partial charge in [-0.3, -0.25) is 0 Å². The molecule has 1 aliphatic rings. The van der Waals surface area contributed by atoms with Crippen LogP contribution in [0.15, 0.2) is 28.8 Å². The average molecular weight is 339 g/mol. The lowest BCUT2D eigenvalue weighted by molar-refractivity contribution is -0.137. The van der Waals surface area contributed by atoms with E-state index < -0.39 is 17.3 Å². The Bertz CT molecular complexity index is 705. The molecule has 0 bridgehead atoms. The number of hydrogen-bond donors (Lipinski definition) is 1. The highest BCUT2D eigenvalue weighted by molar-refractivity contribution is 5.28. The van der Waals surface area contributed by atoms with Crippen molar-refractivity contribution in [3.05, 3.63) is 47.1 Å². The number of halogens is 3. The maximum atomic E-state index is 12.8. The van der Waals surface area contributed by atoms with Crippen molar-refractivity contribution in [1.82, 2.24) is 10.1 Å². The molecule has 1 saturated carbocycles. The fourth-order valence-electron chi connectivity index (χ4n) is 3.17. The van der Waals surface area contributed by atoms with Crippen molar-refractivity contribution in [2.24, 2.45) is 5.73 Å². The first-order valence-corrected chi connectivity index (χ1v) is 8.07. The summed E-state index contributed by atoms with van der Waals surface area (Å²) >= 11 is 0. The molecule has 1 aromatic carbocycles. The smallest absolute Gasteiger partial charge is 0.339 e. The van der Waals surface area contributed by atoms with Gasteiger partial charge in [0.05, 0.1) is 11.1 Å². The van der Waals surface area contributed by atoms with E-state index in [2.05, 4.69) is 10.1 Å². The van der Waals surface area contributed by atoms with Gasteiger partial charge in [-0.1, -0.05) is 43.1 Å². The van der Waals surface area contributed by atoms with E-state index in [0.29, 0.717) is 23.7 Å². The van der Waals surface area contributed by atoms with Crippen LogP contribution >= 0.6 is 0 Å². The summed E-state index contributed by atoms with van der Waals surface area (Å²) in [5, 5.41) is 3.98. The lowest BCUT2D eigenvalue weighted by Crippen LogP contribution is -2.34. The summed E-state index contributed by atoms with van der Waals surface area (Å²) in [4.78, 5) is 4.38. The van der Waals surface area contributed by atoms with Gasteiger partial charge in [0, 0.05) is 6.42 Å². The minimum Gasteiger partial charge on any atom is -0.339 e. The van der Waals surface area contributed by atoms with E-state index >= 15 is 0 Å². The minimum absolute atomic E-state index is 0.169. The van der Waals surface area contributed by atoms with Crippen LogP contribution < -0.4 is 5.73 Å². The van der Waals surface area contributed by atoms with E-state index in [1.807, 2.05) is 6.92 Å². The molecule has 1 unspecified atom stereocenters. The Hall–Kier alpha value is -1.89. The van der Waals surface area contributed by atoms with Gasteiger partial charge in [0.25, 0.3) is 0 Å². The Kier molecular flexibility index (Phi) is 4.38. The quantitative estimate of drug-likeness (QED) is 0.908. The highest BCUT2D eigenvalue weighted by Crippen LogP contribution is 2.35. The topological polar surface area (TPSA) is 64.9 Å². The fraction of sp³-hybridized carbons (Fsp3) is 0.529. The van der Waals surface area contributed by atoms with Crippen molar-refractivity contribution in [2.45, 2.75) is 56.7 Å². The van der Waals surface area contributed by atoms with Crippen LogP contribution in [0.5, 0.6) is 0 Å². The molecule has 0 radical (unpaired) electrons. The number of benzene rings is 1. The SMILES string of the molecule is CC(Cc1nc(C2(N)CCCC2)no1)c1cccc(C(F)(F)F)c1. The second kappa shape index (κ2) is 6.20. The molecular formula is C17H20F3N3O. The molecule has 7 heteroatoms. The molecule has 24 heavy (non-hydrogen) atoms. The second-order valence-electron chi connectivity index (χ2n) is 6.60. The van der Waals surface area contributed by atoms with Gasteiger partial charge in [0.1, 0.15) is 0 Å². The number of nitrogens with zero attached hydrogens (tertiary/aromatic N) is 2. The van der Waals surface area contributed by atoms with Crippen LogP contribution in [0.3, 0.4) is 0 Å². The van der Waals surface area contributed by atoms with Crippen molar-refractivity contribution in [1.29, 1.82) is 0 Å². The third-order valence-electron chi connectivity index (χ3n) is 4.67. The molecule has 1 aliphatic carbocycles. The van der Waals surface area contributed by atoms with Crippen LogP contribution in [0.25, 0.3) is 0 Å². The van der Waals surface area contributed by atoms with Gasteiger partial charge in [-0.2, -0.15) is 18.2 Å². The largest absolute Gasteiger partial charge is 0.416 e. The highest BCUT2D eigenvalue weighted by Gasteiger charge is 2.36. The number of alkyl halides is 3. The molecule has 130 valence electrons. The molecule has 1 fully saturated rings. The third-order valence-corrected chi connectivity index (χ3v) is 4.67. The Morgan fingerprint density at radius 3 is 2.67 bits per heavy atom. The van der Waals surface area contributed by atoms with E-state index in [4.69, 9.17) is 10.3 Å². The van der Waals surface area contributed by atoms with Crippen LogP contribution in [-0.2, 0) is 18.1 Å². The molecule has 0 aliphatic heterocycles. The summed E-state index contributed by atoms with van der Waals surface area (Å²) in [6, 6.07) is 5.34. The standard InChI is InChI=1S/C17H20F3N3O/c1-11(12-5-4-6-13(10-12)17(18,19)20)9-14-22-15(23-24-14)16(21)7-2-3-8-16/h4-6,10-11H,2-3,7-9,21H2,1H3. The molecule has 3 rings (SSSR count). The second-order valence-corrected chi connectivity index (χ2v) is 6.60. The van der Waals surface area contributed by atoms with Crippen molar-refractivity contribution in [3.63, 3.8) is 0 Å². The van der Waals surface area contributed by atoms with Gasteiger partial charge in [-0.15, -0.1) is 0 Å². The highest BCUT2D eigenvalue weighted by atomic mass is 19.4. The molecule has 0 amide bonds. The minimum atomic E-state index is -4.35. The normalized spacial score (nSPS) is 18.7. The molecule has 1 atom stereocenters. The first-order valence-electron chi connectivity index (χ1n) is 8.07. The summed E-state index contributed by atoms with van der Waals surface area (Å²) in [7, 11) is 0. The van der Waals surface area contributed by atoms with Crippen LogP contribution in [-0.4, -0.2) is 10.1 Å². The van der Waals surface area contributed by atoms with Crippen LogP contribution in [0.4, 0.5) is 13.2 Å². The molecular weight excluding hydrogens is 319 g/mol. The summed E-state index contributed by atoms with van der Waals surface area (Å²) in [5.41, 5.74) is 5.71. The maximum absolute atomic E-state index is 12.8. The van der Waals surface area contributed by atoms with Gasteiger partial charge in [-0.25, -0.2) is 0 Å². The number of rotatable bonds is 4. The molecule has 0 spiro atoms. The third kappa shape index (κ3) is 3.45. The molecule has 4 nitrogen and oxygen atoms in total. The van der Waals surface area contributed by atoms with E-state index in [1.165, 1.54) is 12.1 Å². The van der Waals surface area contributed by atoms with Crippen molar-refractivity contribution in [2.75, 3.05) is 0 Å². The van der Waals surface area contributed by atoms with Crippen molar-refractivity contribution in [3.8, 4) is 0 Å². The molecule has 2 N–H and O–H groups in total. The maximum Gasteiger partial charge on any atom is 0.416 e. The van der Waals surface area contributed by atoms with E-state index in [9.17, 15) is 13.2 Å². The Morgan fingerprint density at radius 2 is 2.00 bits per heavy atom. The van der Waals surface area contributed by atoms with Gasteiger partial charge in [-0.05, 0) is 30.4 Å². The van der Waals surface area contributed by atoms with Crippen molar-refractivity contribution < 1.29 is 17.7 Å². The van der Waals surface area contributed by atoms with Crippen molar-refractivity contribution >= 4 is 0 Å². The van der Waals surface area contributed by atoms with Gasteiger partial charge in [0.2, 0.25) is 5.89 Å². The zero-order chi connectivity index (χ0) is 17.4. The van der Waals surface area contributed by atoms with Gasteiger partial charge >= 0.3 is 6.18 Å². The number of nitrogens with two attached hydrogens (primary N) is 1. The lowest BCUT2D eigenvalue weighted by atomic mass is 9.95. The summed E-state index contributed by atoms with van der Waals surface area (Å²) < 4.78 is 43.7. The average Bonchev–Trinajstić information content (AvgIpc) is 3.17. The molecule has 1 heterocycles. The predicted molar refractivity (Wildman–Crippen MR) is 82.2 cm³/mol. The zero-order valence-corrected chi connectivity index (χ0v) is 13.4. The zero-order valence-electron chi connectivity index (χ0n) is 13.4. The first-order chi connectivity index (χ1) is 11.3. The molecule has 0 saturated heterocycles. The van der Waals surface area contributed by atoms with Crippen LogP contribution in [0, 0.1) is 0 Å². The monoisotopic (exact) mass is 339 g/mol. The molecule has 1 aromatic heterocycles. The van der Waals surface area contributed by atoms with Crippen LogP contribution in [0.1, 0.15) is 61.4 Å². The predicted octanol–water partition coefficient (Wildman–Crippen LogP) is 4.16. The summed E-state index contributed by atoms with van der Waals surface area (Å²) in [6.45, 7) is 1.84. The van der Waals surface area contributed by atoms with Gasteiger partial charge < -0.3 is 10.3 Å². The van der Waals surface area contributed by atoms with E-state index in [0.717, 1.165) is 31.7 Å². The summed E-state index contributed by atoms with van der Waals surface area (Å²) in [5.74, 6) is 0.746. The van der Waals surface area contributed by atoms with E-state index in [-0.39, 0.29) is 5.92 Å². The fourth-order valence-corrected chi connectivity index (χ4v) is 3.17. The Labute approximate surface area is 138 Å². The van der Waals surface area contributed by atoms with Crippen LogP contribution in [0.2, 0.25) is 0 Å². The Morgan fingerprint density at radius 1 is 1.29 bits per heavy atom. The first kappa shape index (κ1) is 17.0.